The quantitative estimate of drug-likeness (QED) is 0.682. The summed E-state index contributed by atoms with van der Waals surface area (Å²) in [7, 11) is 0. The Morgan fingerprint density at radius 3 is 2.21 bits per heavy atom. The fourth-order valence-electron chi connectivity index (χ4n) is 1.07. The highest BCUT2D eigenvalue weighted by atomic mass is 16.4. The van der Waals surface area contributed by atoms with E-state index in [0.717, 1.165) is 6.42 Å². The van der Waals surface area contributed by atoms with Crippen LogP contribution in [-0.4, -0.2) is 23.0 Å². The summed E-state index contributed by atoms with van der Waals surface area (Å²) in [6, 6.07) is 0.119. The van der Waals surface area contributed by atoms with Gasteiger partial charge in [0.15, 0.2) is 0 Å². The summed E-state index contributed by atoms with van der Waals surface area (Å²) in [5.41, 5.74) is 0. The Bertz CT molecular complexity index is 204. The molecular formula is C10H19NO3. The first-order chi connectivity index (χ1) is 6.51. The fraction of sp³-hybridized carbons (Fsp3) is 0.800. The Balaban J connectivity index is 3.97. The first-order valence-electron chi connectivity index (χ1n) is 5.03. The van der Waals surface area contributed by atoms with Gasteiger partial charge in [0.2, 0.25) is 5.91 Å². The minimum Gasteiger partial charge on any atom is -0.481 e. The van der Waals surface area contributed by atoms with Crippen molar-refractivity contribution in [3.63, 3.8) is 0 Å². The molecule has 0 aromatic rings. The predicted molar refractivity (Wildman–Crippen MR) is 53.9 cm³/mol. The van der Waals surface area contributed by atoms with Gasteiger partial charge in [0.05, 0.1) is 5.92 Å². The largest absolute Gasteiger partial charge is 0.481 e. The number of rotatable bonds is 6. The predicted octanol–water partition coefficient (Wildman–Crippen LogP) is 1.40. The van der Waals surface area contributed by atoms with Crippen molar-refractivity contribution >= 4 is 11.9 Å². The number of nitrogens with one attached hydrogen (secondary N) is 1. The lowest BCUT2D eigenvalue weighted by atomic mass is 10.0. The second-order valence-corrected chi connectivity index (χ2v) is 3.52. The molecule has 2 unspecified atom stereocenters. The molecule has 0 bridgehead atoms. The van der Waals surface area contributed by atoms with Crippen LogP contribution in [-0.2, 0) is 9.59 Å². The summed E-state index contributed by atoms with van der Waals surface area (Å²) in [6.07, 6.45) is 1.43. The van der Waals surface area contributed by atoms with Crippen molar-refractivity contribution in [1.82, 2.24) is 5.32 Å². The molecule has 1 amide bonds. The maximum absolute atomic E-state index is 11.3. The van der Waals surface area contributed by atoms with E-state index in [1.807, 2.05) is 13.8 Å². The van der Waals surface area contributed by atoms with Gasteiger partial charge < -0.3 is 10.4 Å². The third-order valence-corrected chi connectivity index (χ3v) is 2.29. The minimum atomic E-state index is -0.896. The number of amides is 1. The maximum atomic E-state index is 11.3. The van der Waals surface area contributed by atoms with Gasteiger partial charge in [-0.2, -0.15) is 0 Å². The van der Waals surface area contributed by atoms with Gasteiger partial charge >= 0.3 is 5.97 Å². The lowest BCUT2D eigenvalue weighted by Gasteiger charge is -2.13. The molecule has 0 radical (unpaired) electrons. The molecule has 0 saturated carbocycles. The number of carboxylic acid groups (broad SMARTS) is 1. The van der Waals surface area contributed by atoms with E-state index in [4.69, 9.17) is 5.11 Å². The van der Waals surface area contributed by atoms with Crippen molar-refractivity contribution < 1.29 is 14.7 Å². The van der Waals surface area contributed by atoms with Gasteiger partial charge in [0.25, 0.3) is 0 Å². The van der Waals surface area contributed by atoms with E-state index in [9.17, 15) is 9.59 Å². The number of aliphatic carboxylic acids is 1. The number of hydrogen-bond acceptors (Lipinski definition) is 2. The summed E-state index contributed by atoms with van der Waals surface area (Å²) < 4.78 is 0. The number of carbonyl (C=O) groups is 2. The molecule has 4 nitrogen and oxygen atoms in total. The summed E-state index contributed by atoms with van der Waals surface area (Å²) in [5, 5.41) is 11.5. The van der Waals surface area contributed by atoms with Gasteiger partial charge in [-0.25, -0.2) is 0 Å². The van der Waals surface area contributed by atoms with E-state index in [2.05, 4.69) is 5.32 Å². The van der Waals surface area contributed by atoms with E-state index >= 15 is 0 Å². The van der Waals surface area contributed by atoms with Crippen molar-refractivity contribution in [2.45, 2.75) is 46.1 Å². The Morgan fingerprint density at radius 2 is 1.86 bits per heavy atom. The van der Waals surface area contributed by atoms with Crippen LogP contribution in [0.4, 0.5) is 0 Å². The monoisotopic (exact) mass is 201 g/mol. The molecule has 0 aromatic heterocycles. The molecular weight excluding hydrogens is 182 g/mol. The van der Waals surface area contributed by atoms with E-state index < -0.39 is 11.9 Å². The lowest BCUT2D eigenvalue weighted by molar-refractivity contribution is -0.144. The highest BCUT2D eigenvalue weighted by Crippen LogP contribution is 2.08. The Morgan fingerprint density at radius 1 is 1.29 bits per heavy atom. The average Bonchev–Trinajstić information content (AvgIpc) is 2.13. The van der Waals surface area contributed by atoms with E-state index in [-0.39, 0.29) is 18.4 Å². The van der Waals surface area contributed by atoms with Crippen LogP contribution in [0.15, 0.2) is 0 Å². The van der Waals surface area contributed by atoms with Gasteiger partial charge in [-0.15, -0.1) is 0 Å². The van der Waals surface area contributed by atoms with Gasteiger partial charge in [-0.3, -0.25) is 9.59 Å². The van der Waals surface area contributed by atoms with Crippen LogP contribution in [0, 0.1) is 5.92 Å². The van der Waals surface area contributed by atoms with Crippen LogP contribution in [0.5, 0.6) is 0 Å². The highest BCUT2D eigenvalue weighted by molar-refractivity contribution is 5.82. The molecule has 4 heteroatoms. The van der Waals surface area contributed by atoms with E-state index in [0.29, 0.717) is 6.42 Å². The molecule has 2 atom stereocenters. The van der Waals surface area contributed by atoms with E-state index in [1.54, 1.807) is 6.92 Å². The van der Waals surface area contributed by atoms with Crippen molar-refractivity contribution in [3.8, 4) is 0 Å². The second-order valence-electron chi connectivity index (χ2n) is 3.52. The van der Waals surface area contributed by atoms with Crippen molar-refractivity contribution in [3.05, 3.63) is 0 Å². The van der Waals surface area contributed by atoms with Gasteiger partial charge in [0.1, 0.15) is 0 Å². The third kappa shape index (κ3) is 4.84. The van der Waals surface area contributed by atoms with Crippen molar-refractivity contribution in [2.75, 3.05) is 0 Å². The molecule has 0 aromatic carbocycles. The topological polar surface area (TPSA) is 66.4 Å². The van der Waals surface area contributed by atoms with Crippen LogP contribution < -0.4 is 5.32 Å². The summed E-state index contributed by atoms with van der Waals surface area (Å²) in [6.45, 7) is 5.65. The zero-order valence-electron chi connectivity index (χ0n) is 9.04. The van der Waals surface area contributed by atoms with Crippen molar-refractivity contribution in [2.24, 2.45) is 5.92 Å². The Hall–Kier alpha value is -1.06. The third-order valence-electron chi connectivity index (χ3n) is 2.29. The molecule has 0 saturated heterocycles. The standard InChI is InChI=1S/C10H19NO3/c1-4-7(3)11-9(12)6-8(5-2)10(13)14/h7-8H,4-6H2,1-3H3,(H,11,12)(H,13,14). The normalized spacial score (nSPS) is 14.5. The zero-order valence-corrected chi connectivity index (χ0v) is 9.04. The molecule has 0 fully saturated rings. The van der Waals surface area contributed by atoms with Gasteiger partial charge in [-0.1, -0.05) is 13.8 Å². The maximum Gasteiger partial charge on any atom is 0.307 e. The minimum absolute atomic E-state index is 0.0795. The fourth-order valence-corrected chi connectivity index (χ4v) is 1.07. The summed E-state index contributed by atoms with van der Waals surface area (Å²) in [4.78, 5) is 22.0. The Labute approximate surface area is 84.7 Å². The molecule has 0 rings (SSSR count). The molecule has 2 N–H and O–H groups in total. The number of hydrogen-bond donors (Lipinski definition) is 2. The van der Waals surface area contributed by atoms with Crippen LogP contribution in [0.1, 0.15) is 40.0 Å². The smallest absolute Gasteiger partial charge is 0.307 e. The number of carbonyl (C=O) groups excluding carboxylic acids is 1. The second kappa shape index (κ2) is 6.40. The van der Waals surface area contributed by atoms with Crippen LogP contribution in [0.3, 0.4) is 0 Å². The molecule has 82 valence electrons. The molecule has 0 aliphatic heterocycles. The van der Waals surface area contributed by atoms with Crippen molar-refractivity contribution in [1.29, 1.82) is 0 Å². The van der Waals surface area contributed by atoms with Crippen LogP contribution in [0.25, 0.3) is 0 Å². The van der Waals surface area contributed by atoms with Crippen LogP contribution in [0.2, 0.25) is 0 Å². The first-order valence-corrected chi connectivity index (χ1v) is 5.03. The lowest BCUT2D eigenvalue weighted by Crippen LogP contribution is -2.34. The number of carboxylic acids is 1. The summed E-state index contributed by atoms with van der Waals surface area (Å²) >= 11 is 0. The first kappa shape index (κ1) is 12.9. The van der Waals surface area contributed by atoms with Gasteiger partial charge in [-0.05, 0) is 19.8 Å². The molecule has 0 heterocycles. The molecule has 14 heavy (non-hydrogen) atoms. The SMILES string of the molecule is CCC(C)NC(=O)CC(CC)C(=O)O. The zero-order chi connectivity index (χ0) is 11.1. The summed E-state index contributed by atoms with van der Waals surface area (Å²) in [5.74, 6) is -1.63. The molecule has 0 spiro atoms. The highest BCUT2D eigenvalue weighted by Gasteiger charge is 2.19. The van der Waals surface area contributed by atoms with Crippen LogP contribution >= 0.6 is 0 Å². The molecule has 0 aliphatic carbocycles. The van der Waals surface area contributed by atoms with E-state index in [1.165, 1.54) is 0 Å². The van der Waals surface area contributed by atoms with Gasteiger partial charge in [0, 0.05) is 12.5 Å². The average molecular weight is 201 g/mol. The molecule has 0 aliphatic rings. The Kier molecular flexibility index (Phi) is 5.92.